The van der Waals surface area contributed by atoms with Crippen molar-refractivity contribution in [2.45, 2.75) is 19.3 Å². The third kappa shape index (κ3) is 4.67. The van der Waals surface area contributed by atoms with E-state index in [9.17, 15) is 0 Å². The maximum atomic E-state index is 2.53. The summed E-state index contributed by atoms with van der Waals surface area (Å²) in [6.45, 7) is 4.77. The largest absolute Gasteiger partial charge is 0.309 e. The number of rotatable bonds is 3. The zero-order chi connectivity index (χ0) is 41.6. The first-order valence-electron chi connectivity index (χ1n) is 22.1. The number of fused-ring (bicyclic) bond motifs is 18. The van der Waals surface area contributed by atoms with Crippen LogP contribution in [0.3, 0.4) is 0 Å². The molecule has 0 saturated carbocycles. The molecule has 0 fully saturated rings. The summed E-state index contributed by atoms with van der Waals surface area (Å²) < 4.78 is 4.94. The smallest absolute Gasteiger partial charge is 0.0547 e. The van der Waals surface area contributed by atoms with Crippen molar-refractivity contribution >= 4 is 86.7 Å². The predicted molar refractivity (Wildman–Crippen MR) is 268 cm³/mol. The summed E-state index contributed by atoms with van der Waals surface area (Å²) in [5, 5.41) is 15.5. The van der Waals surface area contributed by atoms with Crippen molar-refractivity contribution in [3.05, 3.63) is 217 Å². The SMILES string of the molecule is CC1(C)c2ccccc2-c2cc3c4c5c6ccccc6c6ccccc6c5ccc4n(-c4ccc(-c5ccc6c(c5)c5c7ccccc7ccc5n6-c5ccccc5)cc4)c3cc21. The Morgan fingerprint density at radius 1 is 0.302 bits per heavy atom. The molecule has 2 heteroatoms. The Kier molecular flexibility index (Phi) is 6.93. The van der Waals surface area contributed by atoms with Gasteiger partial charge in [0.15, 0.2) is 0 Å². The van der Waals surface area contributed by atoms with E-state index in [1.807, 2.05) is 0 Å². The Bertz CT molecular complexity index is 4050. The van der Waals surface area contributed by atoms with Gasteiger partial charge in [0.05, 0.1) is 22.1 Å². The normalized spacial score (nSPS) is 13.4. The van der Waals surface area contributed by atoms with Crippen molar-refractivity contribution in [3.63, 3.8) is 0 Å². The molecule has 2 nitrogen and oxygen atoms in total. The molecule has 63 heavy (non-hydrogen) atoms. The fraction of sp³-hybridized carbons (Fsp3) is 0.0492. The predicted octanol–water partition coefficient (Wildman–Crippen LogP) is 16.5. The molecular weight excluding hydrogens is 761 g/mol. The van der Waals surface area contributed by atoms with Crippen LogP contribution >= 0.6 is 0 Å². The number of hydrogen-bond acceptors (Lipinski definition) is 0. The minimum atomic E-state index is -0.121. The van der Waals surface area contributed by atoms with Crippen LogP contribution in [0, 0.1) is 0 Å². The number of nitrogens with zero attached hydrogens (tertiary/aromatic N) is 2. The molecule has 0 amide bonds. The zero-order valence-corrected chi connectivity index (χ0v) is 35.0. The molecule has 1 aliphatic carbocycles. The van der Waals surface area contributed by atoms with Crippen molar-refractivity contribution in [2.24, 2.45) is 0 Å². The lowest BCUT2D eigenvalue weighted by Crippen LogP contribution is -2.14. The summed E-state index contributed by atoms with van der Waals surface area (Å²) >= 11 is 0. The topological polar surface area (TPSA) is 9.86 Å². The van der Waals surface area contributed by atoms with E-state index in [0.717, 1.165) is 5.69 Å². The van der Waals surface area contributed by atoms with Gasteiger partial charge in [0.2, 0.25) is 0 Å². The quantitative estimate of drug-likeness (QED) is 0.158. The molecule has 0 bridgehead atoms. The molecule has 11 aromatic carbocycles. The highest BCUT2D eigenvalue weighted by Crippen LogP contribution is 2.52. The molecule has 13 aromatic rings. The van der Waals surface area contributed by atoms with Crippen LogP contribution in [-0.4, -0.2) is 9.13 Å². The lowest BCUT2D eigenvalue weighted by Gasteiger charge is -2.21. The third-order valence-electron chi connectivity index (χ3n) is 14.5. The number of benzene rings is 11. The molecule has 2 aromatic heterocycles. The van der Waals surface area contributed by atoms with E-state index in [1.54, 1.807) is 0 Å². The van der Waals surface area contributed by atoms with Gasteiger partial charge in [0.25, 0.3) is 0 Å². The highest BCUT2D eigenvalue weighted by atomic mass is 15.0. The van der Waals surface area contributed by atoms with E-state index in [2.05, 4.69) is 229 Å². The lowest BCUT2D eigenvalue weighted by molar-refractivity contribution is 0.661. The second-order valence-corrected chi connectivity index (χ2v) is 18.0. The first kappa shape index (κ1) is 34.7. The van der Waals surface area contributed by atoms with E-state index in [-0.39, 0.29) is 5.41 Å². The van der Waals surface area contributed by atoms with Gasteiger partial charge in [-0.05, 0) is 132 Å². The fourth-order valence-electron chi connectivity index (χ4n) is 11.6. The summed E-state index contributed by atoms with van der Waals surface area (Å²) in [6.07, 6.45) is 0. The van der Waals surface area contributed by atoms with Gasteiger partial charge in [-0.3, -0.25) is 0 Å². The van der Waals surface area contributed by atoms with Crippen LogP contribution in [0.2, 0.25) is 0 Å². The zero-order valence-electron chi connectivity index (χ0n) is 35.0. The van der Waals surface area contributed by atoms with Gasteiger partial charge < -0.3 is 9.13 Å². The second-order valence-electron chi connectivity index (χ2n) is 18.0. The van der Waals surface area contributed by atoms with Crippen LogP contribution in [0.1, 0.15) is 25.0 Å². The maximum absolute atomic E-state index is 2.53. The molecule has 0 saturated heterocycles. The first-order valence-corrected chi connectivity index (χ1v) is 22.1. The molecule has 0 radical (unpaired) electrons. The van der Waals surface area contributed by atoms with Crippen LogP contribution in [0.4, 0.5) is 0 Å². The highest BCUT2D eigenvalue weighted by Gasteiger charge is 2.36. The van der Waals surface area contributed by atoms with Crippen molar-refractivity contribution in [2.75, 3.05) is 0 Å². The van der Waals surface area contributed by atoms with Crippen molar-refractivity contribution in [1.29, 1.82) is 0 Å². The Balaban J connectivity index is 1.02. The van der Waals surface area contributed by atoms with Gasteiger partial charge in [-0.15, -0.1) is 0 Å². The summed E-state index contributed by atoms with van der Waals surface area (Å²) in [4.78, 5) is 0. The average Bonchev–Trinajstić information content (AvgIpc) is 3.93. The van der Waals surface area contributed by atoms with E-state index in [4.69, 9.17) is 0 Å². The van der Waals surface area contributed by atoms with Gasteiger partial charge in [0, 0.05) is 43.7 Å². The van der Waals surface area contributed by atoms with E-state index in [0.29, 0.717) is 0 Å². The van der Waals surface area contributed by atoms with Gasteiger partial charge in [-0.2, -0.15) is 0 Å². The molecule has 294 valence electrons. The van der Waals surface area contributed by atoms with Crippen LogP contribution in [0.5, 0.6) is 0 Å². The molecule has 0 spiro atoms. The maximum Gasteiger partial charge on any atom is 0.0547 e. The average molecular weight is 801 g/mol. The van der Waals surface area contributed by atoms with Gasteiger partial charge in [-0.1, -0.05) is 159 Å². The fourth-order valence-corrected chi connectivity index (χ4v) is 11.6. The second kappa shape index (κ2) is 12.6. The molecular formula is C61H40N2. The highest BCUT2D eigenvalue weighted by molar-refractivity contribution is 6.35. The van der Waals surface area contributed by atoms with Gasteiger partial charge in [0.1, 0.15) is 0 Å². The number of hydrogen-bond donors (Lipinski definition) is 0. The summed E-state index contributed by atoms with van der Waals surface area (Å²) in [5.41, 5.74) is 15.0. The Morgan fingerprint density at radius 3 is 1.65 bits per heavy atom. The molecule has 0 aliphatic heterocycles. The monoisotopic (exact) mass is 800 g/mol. The standard InChI is InChI=1S/C61H40N2/c1-61(2)52-23-13-12-21-46(52)49-35-51-57(36-53(49)61)63(56-33-30-48-45-20-9-8-18-43(45)44-19-10-11-22-47(44)59(48)60(51)56)41-28-24-37(25-29-41)39-27-31-54-50(34-39)58-42-17-7-6-14-38(42)26-32-55(58)62(54)40-15-4-3-5-16-40/h3-36H,1-2H3. The van der Waals surface area contributed by atoms with E-state index in [1.165, 1.54) is 126 Å². The van der Waals surface area contributed by atoms with E-state index >= 15 is 0 Å². The number of para-hydroxylation sites is 1. The van der Waals surface area contributed by atoms with Crippen molar-refractivity contribution < 1.29 is 0 Å². The molecule has 0 unspecified atom stereocenters. The summed E-state index contributed by atoms with van der Waals surface area (Å²) in [5.74, 6) is 0. The molecule has 0 N–H and O–H groups in total. The molecule has 14 rings (SSSR count). The van der Waals surface area contributed by atoms with Crippen LogP contribution in [-0.2, 0) is 5.41 Å². The minimum absolute atomic E-state index is 0.121. The molecule has 1 aliphatic rings. The third-order valence-corrected chi connectivity index (χ3v) is 14.5. The van der Waals surface area contributed by atoms with Crippen LogP contribution in [0.25, 0.3) is 120 Å². The van der Waals surface area contributed by atoms with Crippen LogP contribution in [0.15, 0.2) is 206 Å². The van der Waals surface area contributed by atoms with E-state index < -0.39 is 0 Å². The lowest BCUT2D eigenvalue weighted by atomic mass is 9.82. The van der Waals surface area contributed by atoms with Crippen molar-refractivity contribution in [1.82, 2.24) is 9.13 Å². The molecule has 2 heterocycles. The summed E-state index contributed by atoms with van der Waals surface area (Å²) in [7, 11) is 0. The van der Waals surface area contributed by atoms with Gasteiger partial charge >= 0.3 is 0 Å². The van der Waals surface area contributed by atoms with Crippen LogP contribution < -0.4 is 0 Å². The van der Waals surface area contributed by atoms with Crippen molar-refractivity contribution in [3.8, 4) is 33.6 Å². The number of aromatic nitrogens is 2. The van der Waals surface area contributed by atoms with Gasteiger partial charge in [-0.25, -0.2) is 0 Å². The Hall–Kier alpha value is -7.94. The summed E-state index contributed by atoms with van der Waals surface area (Å²) in [6, 6.07) is 77.1. The Morgan fingerprint density at radius 2 is 0.857 bits per heavy atom. The minimum Gasteiger partial charge on any atom is -0.309 e. The molecule has 0 atom stereocenters. The Labute approximate surface area is 364 Å². The first-order chi connectivity index (χ1) is 31.0.